The van der Waals surface area contributed by atoms with Crippen molar-refractivity contribution in [3.63, 3.8) is 0 Å². The molecule has 1 aromatic heterocycles. The van der Waals surface area contributed by atoms with Crippen LogP contribution in [0.1, 0.15) is 53.1 Å². The molecular weight excluding hydrogens is 363 g/mol. The molecule has 0 unspecified atom stereocenters. The van der Waals surface area contributed by atoms with Crippen molar-refractivity contribution in [1.29, 1.82) is 0 Å². The van der Waals surface area contributed by atoms with Gasteiger partial charge in [-0.05, 0) is 42.9 Å². The van der Waals surface area contributed by atoms with Gasteiger partial charge in [-0.3, -0.25) is 4.84 Å². The molecule has 0 aliphatic heterocycles. The van der Waals surface area contributed by atoms with Gasteiger partial charge in [0.1, 0.15) is 0 Å². The summed E-state index contributed by atoms with van der Waals surface area (Å²) in [5.74, 6) is 3.89. The summed E-state index contributed by atoms with van der Waals surface area (Å²) in [5.41, 5.74) is 0.620. The Bertz CT molecular complexity index is 888. The zero-order chi connectivity index (χ0) is 20.0. The highest BCUT2D eigenvalue weighted by atomic mass is 19.4. The number of nitrogens with two attached hydrogens (primary N) is 1. The quantitative estimate of drug-likeness (QED) is 0.789. The highest BCUT2D eigenvalue weighted by molar-refractivity contribution is 5.89. The maximum Gasteiger partial charge on any atom is 0.416 e. The molecule has 27 heavy (non-hydrogen) atoms. The molecule has 146 valence electrons. The number of halogens is 3. The van der Waals surface area contributed by atoms with Gasteiger partial charge in [0.05, 0.1) is 23.6 Å². The second kappa shape index (κ2) is 6.65. The number of alkyl halides is 3. The van der Waals surface area contributed by atoms with Crippen LogP contribution in [0.5, 0.6) is 0 Å². The summed E-state index contributed by atoms with van der Waals surface area (Å²) in [4.78, 5) is 16.5. The van der Waals surface area contributed by atoms with E-state index < -0.39 is 17.7 Å². The Labute approximate surface area is 153 Å². The van der Waals surface area contributed by atoms with Crippen molar-refractivity contribution in [2.45, 2.75) is 45.9 Å². The molecule has 9 heteroatoms. The molecule has 0 radical (unpaired) electrons. The van der Waals surface area contributed by atoms with Crippen molar-refractivity contribution >= 4 is 5.97 Å². The second-order valence-corrected chi connectivity index (χ2v) is 7.48. The largest absolute Gasteiger partial charge is 0.476 e. The molecule has 1 heterocycles. The first-order valence-corrected chi connectivity index (χ1v) is 8.40. The van der Waals surface area contributed by atoms with E-state index in [1.54, 1.807) is 0 Å². The van der Waals surface area contributed by atoms with Crippen LogP contribution in [-0.2, 0) is 30.5 Å². The fraction of sp³-hybridized carbons (Fsp3) is 0.444. The first kappa shape index (κ1) is 19.4. The van der Waals surface area contributed by atoms with E-state index >= 15 is 0 Å². The number of aromatic carboxylic acids is 1. The summed E-state index contributed by atoms with van der Waals surface area (Å²) < 4.78 is 40.3. The van der Waals surface area contributed by atoms with Crippen molar-refractivity contribution < 1.29 is 27.9 Å². The monoisotopic (exact) mass is 383 g/mol. The van der Waals surface area contributed by atoms with E-state index in [4.69, 9.17) is 5.90 Å². The molecule has 3 rings (SSSR count). The Morgan fingerprint density at radius 3 is 2.70 bits per heavy atom. The molecule has 2 aromatic rings. The van der Waals surface area contributed by atoms with Crippen LogP contribution >= 0.6 is 0 Å². The van der Waals surface area contributed by atoms with E-state index in [0.29, 0.717) is 24.1 Å². The number of fused-ring (bicyclic) bond motifs is 1. The summed E-state index contributed by atoms with van der Waals surface area (Å²) >= 11 is 0. The molecule has 1 aromatic carbocycles. The first-order chi connectivity index (χ1) is 12.5. The van der Waals surface area contributed by atoms with Gasteiger partial charge in [0, 0.05) is 11.1 Å². The minimum atomic E-state index is -4.54. The number of benzene rings is 1. The second-order valence-electron chi connectivity index (χ2n) is 7.48. The third kappa shape index (κ3) is 3.70. The number of aryl methyl sites for hydroxylation is 1. The lowest BCUT2D eigenvalue weighted by Gasteiger charge is -2.28. The Morgan fingerprint density at radius 1 is 1.41 bits per heavy atom. The zero-order valence-electron chi connectivity index (χ0n) is 14.9. The molecule has 1 aliphatic rings. The zero-order valence-corrected chi connectivity index (χ0v) is 14.9. The predicted octanol–water partition coefficient (Wildman–Crippen LogP) is 3.49. The summed E-state index contributed by atoms with van der Waals surface area (Å²) in [5, 5.41) is 14.2. The standard InChI is InChI=1S/C18H20F3N3O3/c1-17(2)6-5-13-12(8-17)15(16(25)26)24(23-13)14-4-3-11(18(19,20)21)7-10(14)9-27-22/h3-4,7H,5-6,8-9,22H2,1-2H3,(H,25,26). The van der Waals surface area contributed by atoms with Gasteiger partial charge in [-0.15, -0.1) is 0 Å². The molecule has 0 saturated heterocycles. The van der Waals surface area contributed by atoms with Crippen LogP contribution in [0.25, 0.3) is 5.69 Å². The lowest BCUT2D eigenvalue weighted by Crippen LogP contribution is -2.23. The van der Waals surface area contributed by atoms with Crippen LogP contribution < -0.4 is 5.90 Å². The molecule has 0 amide bonds. The van der Waals surface area contributed by atoms with E-state index in [2.05, 4.69) is 9.94 Å². The Kier molecular flexibility index (Phi) is 4.77. The number of hydrogen-bond donors (Lipinski definition) is 2. The number of carboxylic acid groups (broad SMARTS) is 1. The van der Waals surface area contributed by atoms with Crippen molar-refractivity contribution in [1.82, 2.24) is 9.78 Å². The Hall–Kier alpha value is -2.39. The van der Waals surface area contributed by atoms with E-state index in [-0.39, 0.29) is 29.0 Å². The van der Waals surface area contributed by atoms with Crippen LogP contribution in [-0.4, -0.2) is 20.9 Å². The van der Waals surface area contributed by atoms with Crippen LogP contribution in [0.15, 0.2) is 18.2 Å². The van der Waals surface area contributed by atoms with E-state index in [1.165, 1.54) is 10.7 Å². The first-order valence-electron chi connectivity index (χ1n) is 8.40. The van der Waals surface area contributed by atoms with Gasteiger partial charge in [-0.1, -0.05) is 13.8 Å². The molecule has 0 bridgehead atoms. The Morgan fingerprint density at radius 2 is 2.11 bits per heavy atom. The van der Waals surface area contributed by atoms with Gasteiger partial charge in [-0.2, -0.15) is 18.3 Å². The normalized spacial score (nSPS) is 16.2. The third-order valence-electron chi connectivity index (χ3n) is 4.84. The van der Waals surface area contributed by atoms with E-state index in [1.807, 2.05) is 13.8 Å². The van der Waals surface area contributed by atoms with Crippen molar-refractivity contribution in [3.8, 4) is 5.69 Å². The third-order valence-corrected chi connectivity index (χ3v) is 4.84. The van der Waals surface area contributed by atoms with Crippen LogP contribution in [0.2, 0.25) is 0 Å². The summed E-state index contributed by atoms with van der Waals surface area (Å²) in [6.45, 7) is 3.78. The molecule has 1 aliphatic carbocycles. The van der Waals surface area contributed by atoms with Crippen LogP contribution in [0.4, 0.5) is 13.2 Å². The number of rotatable bonds is 4. The van der Waals surface area contributed by atoms with E-state index in [0.717, 1.165) is 18.6 Å². The molecule has 0 atom stereocenters. The number of nitrogens with zero attached hydrogens (tertiary/aromatic N) is 2. The van der Waals surface area contributed by atoms with Crippen molar-refractivity contribution in [2.24, 2.45) is 11.3 Å². The maximum atomic E-state index is 13.0. The lowest BCUT2D eigenvalue weighted by molar-refractivity contribution is -0.137. The van der Waals surface area contributed by atoms with Gasteiger partial charge in [0.25, 0.3) is 0 Å². The van der Waals surface area contributed by atoms with Gasteiger partial charge in [0.2, 0.25) is 0 Å². The summed E-state index contributed by atoms with van der Waals surface area (Å²) in [6, 6.07) is 3.00. The SMILES string of the molecule is CC1(C)CCc2nn(-c3ccc(C(F)(F)F)cc3CON)c(C(=O)O)c2C1. The number of carbonyl (C=O) groups is 1. The summed E-state index contributed by atoms with van der Waals surface area (Å²) in [6.07, 6.45) is -2.54. The fourth-order valence-electron chi connectivity index (χ4n) is 3.47. The van der Waals surface area contributed by atoms with Gasteiger partial charge >= 0.3 is 12.1 Å². The molecule has 6 nitrogen and oxygen atoms in total. The average Bonchev–Trinajstić information content (AvgIpc) is 2.91. The topological polar surface area (TPSA) is 90.4 Å². The van der Waals surface area contributed by atoms with Crippen LogP contribution in [0.3, 0.4) is 0 Å². The van der Waals surface area contributed by atoms with Gasteiger partial charge in [0.15, 0.2) is 5.69 Å². The molecule has 3 N–H and O–H groups in total. The molecule has 0 saturated carbocycles. The highest BCUT2D eigenvalue weighted by Crippen LogP contribution is 2.38. The molecule has 0 fully saturated rings. The fourth-order valence-corrected chi connectivity index (χ4v) is 3.47. The molecule has 0 spiro atoms. The minimum Gasteiger partial charge on any atom is -0.476 e. The smallest absolute Gasteiger partial charge is 0.416 e. The summed E-state index contributed by atoms with van der Waals surface area (Å²) in [7, 11) is 0. The van der Waals surface area contributed by atoms with Gasteiger partial charge < -0.3 is 5.11 Å². The maximum absolute atomic E-state index is 13.0. The Balaban J connectivity index is 2.19. The predicted molar refractivity (Wildman–Crippen MR) is 90.3 cm³/mol. The molecular formula is C18H20F3N3O3. The number of carboxylic acids is 1. The van der Waals surface area contributed by atoms with E-state index in [9.17, 15) is 23.1 Å². The van der Waals surface area contributed by atoms with Crippen LogP contribution in [0, 0.1) is 5.41 Å². The minimum absolute atomic E-state index is 0.0317. The highest BCUT2D eigenvalue weighted by Gasteiger charge is 2.35. The average molecular weight is 383 g/mol. The van der Waals surface area contributed by atoms with Gasteiger partial charge in [-0.25, -0.2) is 15.4 Å². The number of hydrogen-bond acceptors (Lipinski definition) is 4. The number of aromatic nitrogens is 2. The lowest BCUT2D eigenvalue weighted by atomic mass is 9.76. The van der Waals surface area contributed by atoms with Crippen molar-refractivity contribution in [2.75, 3.05) is 0 Å². The van der Waals surface area contributed by atoms with Crippen molar-refractivity contribution in [3.05, 3.63) is 46.3 Å².